The second kappa shape index (κ2) is 39.1. The van der Waals surface area contributed by atoms with E-state index in [-0.39, 0.29) is 18.0 Å². The zero-order valence-electron chi connectivity index (χ0n) is 40.1. The number of nitrogens with one attached hydrogen (secondary N) is 1. The van der Waals surface area contributed by atoms with Gasteiger partial charge in [-0.2, -0.15) is 0 Å². The number of unbranched alkanes of at least 4 members (excludes halogenated alkanes) is 20. The number of hydrogen-bond donors (Lipinski definition) is 2. The number of rotatable bonds is 42. The first-order valence-corrected chi connectivity index (χ1v) is 24.8. The van der Waals surface area contributed by atoms with Gasteiger partial charge in [0.1, 0.15) is 24.4 Å². The molecule has 0 bridgehead atoms. The topological polar surface area (TPSA) is 165 Å². The van der Waals surface area contributed by atoms with Gasteiger partial charge in [0.05, 0.1) is 32.5 Å². The Kier molecular flexibility index (Phi) is 36.4. The number of hydrogen-bond acceptors (Lipinski definition) is 12. The van der Waals surface area contributed by atoms with E-state index in [1.54, 1.807) is 14.2 Å². The van der Waals surface area contributed by atoms with Crippen LogP contribution in [0, 0.1) is 5.92 Å². The molecule has 2 heterocycles. The van der Waals surface area contributed by atoms with Gasteiger partial charge < -0.3 is 43.6 Å². The van der Waals surface area contributed by atoms with Crippen molar-refractivity contribution in [2.75, 3.05) is 40.6 Å². The van der Waals surface area contributed by atoms with E-state index in [1.807, 2.05) is 13.8 Å². The molecule has 364 valence electrons. The summed E-state index contributed by atoms with van der Waals surface area (Å²) >= 11 is 0. The van der Waals surface area contributed by atoms with E-state index in [4.69, 9.17) is 33.2 Å². The van der Waals surface area contributed by atoms with Crippen molar-refractivity contribution >= 4 is 24.3 Å². The summed E-state index contributed by atoms with van der Waals surface area (Å²) < 4.78 is 37.2. The van der Waals surface area contributed by atoms with Crippen molar-refractivity contribution in [2.24, 2.45) is 5.92 Å². The smallest absolute Gasteiger partial charge is 0.339 e. The van der Waals surface area contributed by atoms with Crippen molar-refractivity contribution in [1.82, 2.24) is 5.32 Å². The van der Waals surface area contributed by atoms with E-state index in [2.05, 4.69) is 19.2 Å². The summed E-state index contributed by atoms with van der Waals surface area (Å²) in [7, 11) is 3.17. The molecule has 0 aromatic carbocycles. The van der Waals surface area contributed by atoms with Crippen LogP contribution in [0.2, 0.25) is 0 Å². The van der Waals surface area contributed by atoms with Gasteiger partial charge in [-0.1, -0.05) is 163 Å². The van der Waals surface area contributed by atoms with Crippen LogP contribution in [0.1, 0.15) is 201 Å². The van der Waals surface area contributed by atoms with Crippen LogP contribution in [0.5, 0.6) is 0 Å². The fraction of sp³-hybridized carbons (Fsp3) is 0.918. The predicted octanol–water partition coefficient (Wildman–Crippen LogP) is 9.50. The first-order chi connectivity index (χ1) is 30.1. The minimum Gasteiger partial charge on any atom is -0.461 e. The zero-order valence-corrected chi connectivity index (χ0v) is 40.1. The third-order valence-corrected chi connectivity index (χ3v) is 11.7. The Morgan fingerprint density at radius 2 is 1.03 bits per heavy atom. The van der Waals surface area contributed by atoms with Crippen molar-refractivity contribution in [3.8, 4) is 0 Å². The van der Waals surface area contributed by atoms with E-state index in [0.717, 1.165) is 25.7 Å². The van der Waals surface area contributed by atoms with E-state index in [1.165, 1.54) is 122 Å². The lowest BCUT2D eigenvalue weighted by molar-refractivity contribution is -0.212. The number of aliphatic hydroxyl groups excluding tert-OH is 1. The Bertz CT molecular complexity index is 1110. The van der Waals surface area contributed by atoms with Crippen molar-refractivity contribution in [2.45, 2.75) is 244 Å². The van der Waals surface area contributed by atoms with Crippen LogP contribution in [0.3, 0.4) is 0 Å². The van der Waals surface area contributed by atoms with Crippen LogP contribution >= 0.6 is 0 Å². The molecule has 2 rings (SSSR count). The Hall–Kier alpha value is -2.32. The van der Waals surface area contributed by atoms with Gasteiger partial charge in [0.2, 0.25) is 6.41 Å². The van der Waals surface area contributed by atoms with Crippen molar-refractivity contribution in [3.05, 3.63) is 0 Å². The molecule has 7 atom stereocenters. The highest BCUT2D eigenvalue weighted by atomic mass is 16.6. The summed E-state index contributed by atoms with van der Waals surface area (Å²) in [4.78, 5) is 47.1. The van der Waals surface area contributed by atoms with Gasteiger partial charge in [-0.05, 0) is 31.6 Å². The number of aliphatic hydroxyl groups is 1. The largest absolute Gasteiger partial charge is 0.461 e. The van der Waals surface area contributed by atoms with Gasteiger partial charge >= 0.3 is 17.9 Å². The molecule has 2 fully saturated rings. The monoisotopic (exact) mass is 886 g/mol. The fourth-order valence-electron chi connectivity index (χ4n) is 7.91. The van der Waals surface area contributed by atoms with E-state index < -0.39 is 48.5 Å². The van der Waals surface area contributed by atoms with Crippen LogP contribution < -0.4 is 5.32 Å². The molecule has 2 saturated heterocycles. The molecule has 0 radical (unpaired) electrons. The summed E-state index contributed by atoms with van der Waals surface area (Å²) in [5.74, 6) is -0.929. The number of ether oxygens (including phenoxy) is 7. The first kappa shape index (κ1) is 57.7. The molecule has 0 aliphatic carbocycles. The summed E-state index contributed by atoms with van der Waals surface area (Å²) in [6.45, 7) is 10.0. The predicted molar refractivity (Wildman–Crippen MR) is 243 cm³/mol. The normalized spacial score (nSPS) is 19.6. The van der Waals surface area contributed by atoms with Crippen LogP contribution in [-0.4, -0.2) is 113 Å². The Morgan fingerprint density at radius 3 is 1.42 bits per heavy atom. The maximum absolute atomic E-state index is 12.8. The van der Waals surface area contributed by atoms with Crippen LogP contribution in [0.4, 0.5) is 0 Å². The third kappa shape index (κ3) is 28.5. The van der Waals surface area contributed by atoms with Gasteiger partial charge in [-0.15, -0.1) is 0 Å². The molecule has 0 unspecified atom stereocenters. The second-order valence-electron chi connectivity index (χ2n) is 17.8. The highest BCUT2D eigenvalue weighted by Crippen LogP contribution is 2.27. The van der Waals surface area contributed by atoms with Crippen LogP contribution in [0.15, 0.2) is 0 Å². The lowest BCUT2D eigenvalue weighted by atomic mass is 9.97. The van der Waals surface area contributed by atoms with Crippen molar-refractivity contribution in [1.29, 1.82) is 0 Å². The third-order valence-electron chi connectivity index (χ3n) is 11.7. The van der Waals surface area contributed by atoms with Gasteiger partial charge in [-0.25, -0.2) is 14.4 Å². The van der Waals surface area contributed by atoms with Crippen molar-refractivity contribution < 1.29 is 57.4 Å². The number of esters is 3. The highest BCUT2D eigenvalue weighted by molar-refractivity contribution is 5.81. The molecule has 62 heavy (non-hydrogen) atoms. The van der Waals surface area contributed by atoms with Gasteiger partial charge in [-0.3, -0.25) is 4.79 Å². The second-order valence-corrected chi connectivity index (χ2v) is 17.8. The Labute approximate surface area is 376 Å². The number of carbonyl (C=O) groups is 4. The Balaban J connectivity index is 0.000000653. The lowest BCUT2D eigenvalue weighted by Crippen LogP contribution is -2.54. The summed E-state index contributed by atoms with van der Waals surface area (Å²) in [5, 5.41) is 12.7. The van der Waals surface area contributed by atoms with Crippen molar-refractivity contribution in [3.63, 3.8) is 0 Å². The minimum absolute atomic E-state index is 0.228. The van der Waals surface area contributed by atoms with E-state index in [0.29, 0.717) is 58.5 Å². The molecule has 1 amide bonds. The van der Waals surface area contributed by atoms with Crippen LogP contribution in [0.25, 0.3) is 0 Å². The molecule has 13 nitrogen and oxygen atoms in total. The van der Waals surface area contributed by atoms with Gasteiger partial charge in [0.15, 0.2) is 12.2 Å². The molecule has 2 aliphatic heterocycles. The SMILES string of the molecule is CCCCCCCCCCCCC[C@@H](C[C@@H]1OC(=O)[C@H]1OCCOC)OC(=O)[C@H](CC(C)C)NC=O.CCCCCCCCCCCCC[C@@H](O)C[C@@H]1OC(=O)[C@H]1OCCOC. The molecule has 2 N–H and O–H groups in total. The highest BCUT2D eigenvalue weighted by Gasteiger charge is 2.46. The average Bonchev–Trinajstić information content (AvgIpc) is 3.24. The number of amides is 1. The molecule has 2 aliphatic rings. The molecular weight excluding hydrogens is 795 g/mol. The van der Waals surface area contributed by atoms with Gasteiger partial charge in [0.25, 0.3) is 0 Å². The molecular formula is C49H91NO12. The minimum atomic E-state index is -0.681. The average molecular weight is 886 g/mol. The van der Waals surface area contributed by atoms with Crippen LogP contribution in [-0.2, 0) is 52.3 Å². The lowest BCUT2D eigenvalue weighted by Gasteiger charge is -2.36. The molecule has 0 aromatic heterocycles. The maximum atomic E-state index is 12.8. The fourth-order valence-corrected chi connectivity index (χ4v) is 7.91. The first-order valence-electron chi connectivity index (χ1n) is 24.8. The van der Waals surface area contributed by atoms with E-state index in [9.17, 15) is 24.3 Å². The number of methoxy groups -OCH3 is 2. The van der Waals surface area contributed by atoms with Gasteiger partial charge in [0, 0.05) is 27.1 Å². The molecule has 0 aromatic rings. The summed E-state index contributed by atoms with van der Waals surface area (Å²) in [6, 6.07) is -0.681. The number of cyclic esters (lactones) is 2. The maximum Gasteiger partial charge on any atom is 0.339 e. The van der Waals surface area contributed by atoms with E-state index >= 15 is 0 Å². The summed E-state index contributed by atoms with van der Waals surface area (Å²) in [6.07, 6.45) is 28.6. The molecule has 13 heteroatoms. The zero-order chi connectivity index (χ0) is 45.6. The quantitative estimate of drug-likeness (QED) is 0.0259. The Morgan fingerprint density at radius 1 is 0.629 bits per heavy atom. The summed E-state index contributed by atoms with van der Waals surface area (Å²) in [5.41, 5.74) is 0. The molecule has 0 saturated carbocycles. The standard InChI is InChI=1S/C28H51NO7.C21H40O5/c1-5-6-7-8-9-10-11-12-13-14-15-16-23(35-27(31)24(29-21-30)19-22(2)3)20-25-26(28(32)36-25)34-18-17-33-4;1-3-4-5-6-7-8-9-10-11-12-13-14-18(22)17-19-20(21(23)26-19)25-16-15-24-2/h21-26H,5-20H2,1-4H3,(H,29,30);18-20,22H,3-17H2,1-2H3/t23-,24-,25-,26-;18-,19+,20+/m01/s1. The molecule has 0 spiro atoms. The number of carbonyl (C=O) groups excluding carboxylic acids is 4.